The number of morpholine rings is 1. The van der Waals surface area contributed by atoms with E-state index in [-0.39, 0.29) is 17.9 Å². The van der Waals surface area contributed by atoms with Crippen molar-refractivity contribution in [2.24, 2.45) is 16.8 Å². The average Bonchev–Trinajstić information content (AvgIpc) is 3.50. The molecule has 7 heteroatoms. The highest BCUT2D eigenvalue weighted by Crippen LogP contribution is 2.61. The Kier molecular flexibility index (Phi) is 8.59. The minimum absolute atomic E-state index is 0.0273. The number of likely N-dealkylation sites (tertiary alicyclic amines) is 1. The second-order valence-corrected chi connectivity index (χ2v) is 12.1. The van der Waals surface area contributed by atoms with Crippen LogP contribution in [-0.2, 0) is 32.0 Å². The van der Waals surface area contributed by atoms with E-state index < -0.39 is 17.4 Å². The third kappa shape index (κ3) is 5.16. The molecule has 2 aromatic rings. The number of ether oxygens (including phenoxy) is 3. The van der Waals surface area contributed by atoms with Crippen molar-refractivity contribution in [3.8, 4) is 0 Å². The highest BCUT2D eigenvalue weighted by Gasteiger charge is 2.76. The normalized spacial score (nSPS) is 31.6. The molecule has 5 unspecified atom stereocenters. The molecule has 0 aromatic heterocycles. The third-order valence-corrected chi connectivity index (χ3v) is 9.75. The van der Waals surface area contributed by atoms with Crippen LogP contribution in [0, 0.1) is 11.8 Å². The van der Waals surface area contributed by atoms with Crippen molar-refractivity contribution in [3.05, 3.63) is 71.8 Å². The number of esters is 1. The van der Waals surface area contributed by atoms with E-state index in [1.807, 2.05) is 6.07 Å². The predicted octanol–water partition coefficient (Wildman–Crippen LogP) is 5.09. The molecule has 3 fully saturated rings. The Labute approximate surface area is 244 Å². The Balaban J connectivity index is 1.45. The Bertz CT molecular complexity index is 1200. The summed E-state index contributed by atoms with van der Waals surface area (Å²) in [6.07, 6.45) is 7.26. The Hall–Kier alpha value is -2.58. The van der Waals surface area contributed by atoms with Crippen LogP contribution in [0.3, 0.4) is 0 Å². The van der Waals surface area contributed by atoms with Gasteiger partial charge in [-0.1, -0.05) is 93.3 Å². The number of piperidine rings is 1. The maximum absolute atomic E-state index is 13.9. The van der Waals surface area contributed by atoms with Gasteiger partial charge in [0.15, 0.2) is 11.4 Å². The largest absolute Gasteiger partial charge is 0.469 e. The fourth-order valence-electron chi connectivity index (χ4n) is 7.93. The van der Waals surface area contributed by atoms with Gasteiger partial charge >= 0.3 is 5.97 Å². The maximum Gasteiger partial charge on any atom is 0.313 e. The number of hydrogen-bond donors (Lipinski definition) is 0. The summed E-state index contributed by atoms with van der Waals surface area (Å²) in [6, 6.07) is 21.3. The van der Waals surface area contributed by atoms with Crippen LogP contribution in [0.15, 0.2) is 65.7 Å². The molecular formula is C34H45N3O4. The molecule has 0 N–H and O–H groups in total. The topological polar surface area (TPSA) is 63.6 Å². The molecule has 0 aliphatic carbocycles. The van der Waals surface area contributed by atoms with Crippen molar-refractivity contribution in [1.29, 1.82) is 0 Å². The Morgan fingerprint density at radius 3 is 2.37 bits per heavy atom. The predicted molar refractivity (Wildman–Crippen MR) is 160 cm³/mol. The standard InChI is InChI=1S/C34H45N3O4/c1-3-4-5-12-17-30-33-28(18-19-36(30)25-27-15-10-7-11-16-27)31(32(38)39-2)34(41-33,37-20-22-40-23-21-37)29(35-33)24-26-13-8-6-9-14-26/h6-11,13-16,28,30-31H,3-5,12,17-25H2,1-2H3. The van der Waals surface area contributed by atoms with Crippen molar-refractivity contribution in [3.63, 3.8) is 0 Å². The summed E-state index contributed by atoms with van der Waals surface area (Å²) < 4.78 is 18.8. The first-order valence-electron chi connectivity index (χ1n) is 15.6. The van der Waals surface area contributed by atoms with Crippen LogP contribution in [0.1, 0.15) is 56.6 Å². The molecule has 6 rings (SSSR count). The van der Waals surface area contributed by atoms with E-state index in [0.717, 1.165) is 38.1 Å². The van der Waals surface area contributed by atoms with Gasteiger partial charge in [-0.05, 0) is 30.5 Å². The van der Waals surface area contributed by atoms with Crippen molar-refractivity contribution in [1.82, 2.24) is 9.80 Å². The van der Waals surface area contributed by atoms with Crippen LogP contribution in [0.2, 0.25) is 0 Å². The van der Waals surface area contributed by atoms with E-state index in [2.05, 4.69) is 71.3 Å². The maximum atomic E-state index is 13.9. The zero-order valence-corrected chi connectivity index (χ0v) is 24.7. The number of carbonyl (C=O) groups excluding carboxylic acids is 1. The minimum Gasteiger partial charge on any atom is -0.469 e. The number of rotatable bonds is 11. The average molecular weight is 560 g/mol. The summed E-state index contributed by atoms with van der Waals surface area (Å²) in [5, 5.41) is 0. The summed E-state index contributed by atoms with van der Waals surface area (Å²) >= 11 is 0. The monoisotopic (exact) mass is 559 g/mol. The van der Waals surface area contributed by atoms with E-state index in [9.17, 15) is 4.79 Å². The van der Waals surface area contributed by atoms with Crippen molar-refractivity contribution >= 4 is 11.7 Å². The van der Waals surface area contributed by atoms with Gasteiger partial charge in [0.05, 0.1) is 32.1 Å². The third-order valence-electron chi connectivity index (χ3n) is 9.75. The van der Waals surface area contributed by atoms with Gasteiger partial charge in [-0.25, -0.2) is 0 Å². The smallest absolute Gasteiger partial charge is 0.313 e. The summed E-state index contributed by atoms with van der Waals surface area (Å²) in [5.74, 6) is -0.621. The van der Waals surface area contributed by atoms with Gasteiger partial charge in [0.25, 0.3) is 0 Å². The lowest BCUT2D eigenvalue weighted by Gasteiger charge is -2.49. The minimum atomic E-state index is -0.915. The number of methoxy groups -OCH3 is 1. The van der Waals surface area contributed by atoms with E-state index in [1.165, 1.54) is 37.5 Å². The second kappa shape index (κ2) is 12.3. The van der Waals surface area contributed by atoms with Gasteiger partial charge in [-0.2, -0.15) is 0 Å². The second-order valence-electron chi connectivity index (χ2n) is 12.1. The molecule has 2 aromatic carbocycles. The van der Waals surface area contributed by atoms with Crippen LogP contribution < -0.4 is 0 Å². The Morgan fingerprint density at radius 2 is 1.68 bits per heavy atom. The van der Waals surface area contributed by atoms with Crippen LogP contribution in [0.4, 0.5) is 0 Å². The molecule has 7 nitrogen and oxygen atoms in total. The van der Waals surface area contributed by atoms with Gasteiger partial charge in [0, 0.05) is 32.0 Å². The van der Waals surface area contributed by atoms with Crippen molar-refractivity contribution in [2.75, 3.05) is 40.0 Å². The SMILES string of the molecule is CCCCCCC1N(Cc2ccccc2)CCC2C(C(=O)OC)C3(N4CCOCC4)OC21N=C3Cc1ccccc1. The van der Waals surface area contributed by atoms with Crippen LogP contribution in [-0.4, -0.2) is 78.9 Å². The van der Waals surface area contributed by atoms with E-state index in [1.54, 1.807) is 0 Å². The highest BCUT2D eigenvalue weighted by molar-refractivity contribution is 6.01. The summed E-state index contributed by atoms with van der Waals surface area (Å²) in [4.78, 5) is 24.4. The molecule has 1 spiro atoms. The highest BCUT2D eigenvalue weighted by atomic mass is 16.6. The molecule has 4 heterocycles. The summed E-state index contributed by atoms with van der Waals surface area (Å²) in [7, 11) is 1.52. The first kappa shape index (κ1) is 28.5. The van der Waals surface area contributed by atoms with E-state index >= 15 is 0 Å². The molecule has 0 saturated carbocycles. The number of fused-ring (bicyclic) bond motifs is 1. The van der Waals surface area contributed by atoms with E-state index in [0.29, 0.717) is 32.7 Å². The zero-order chi connectivity index (χ0) is 28.3. The number of hydrogen-bond acceptors (Lipinski definition) is 7. The van der Waals surface area contributed by atoms with E-state index in [4.69, 9.17) is 19.2 Å². The summed E-state index contributed by atoms with van der Waals surface area (Å²) in [6.45, 7) is 6.68. The quantitative estimate of drug-likeness (QED) is 0.282. The lowest BCUT2D eigenvalue weighted by atomic mass is 9.69. The van der Waals surface area contributed by atoms with Gasteiger partial charge in [0.2, 0.25) is 0 Å². The molecule has 0 amide bonds. The lowest BCUT2D eigenvalue weighted by molar-refractivity contribution is -0.187. The number of unbranched alkanes of at least 4 members (excludes halogenated alkanes) is 3. The molecule has 4 aliphatic heterocycles. The van der Waals surface area contributed by atoms with Crippen molar-refractivity contribution in [2.45, 2.75) is 75.9 Å². The molecule has 2 bridgehead atoms. The van der Waals surface area contributed by atoms with Gasteiger partial charge in [0.1, 0.15) is 5.92 Å². The molecular weight excluding hydrogens is 514 g/mol. The van der Waals surface area contributed by atoms with Crippen LogP contribution in [0.5, 0.6) is 0 Å². The van der Waals surface area contributed by atoms with Crippen LogP contribution in [0.25, 0.3) is 0 Å². The van der Waals surface area contributed by atoms with Crippen molar-refractivity contribution < 1.29 is 19.0 Å². The number of carbonyl (C=O) groups is 1. The summed E-state index contributed by atoms with van der Waals surface area (Å²) in [5.41, 5.74) is 1.76. The molecule has 3 saturated heterocycles. The first-order chi connectivity index (χ1) is 20.1. The Morgan fingerprint density at radius 1 is 0.976 bits per heavy atom. The number of benzene rings is 2. The van der Waals surface area contributed by atoms with Gasteiger partial charge < -0.3 is 14.2 Å². The zero-order valence-electron chi connectivity index (χ0n) is 24.7. The molecule has 5 atom stereocenters. The fourth-order valence-corrected chi connectivity index (χ4v) is 7.93. The van der Waals surface area contributed by atoms with Gasteiger partial charge in [-0.15, -0.1) is 0 Å². The number of aliphatic imine (C=N–C) groups is 1. The molecule has 4 aliphatic rings. The van der Waals surface area contributed by atoms with Crippen LogP contribution >= 0.6 is 0 Å². The molecule has 0 radical (unpaired) electrons. The molecule has 41 heavy (non-hydrogen) atoms. The number of nitrogens with zero attached hydrogens (tertiary/aromatic N) is 3. The lowest BCUT2D eigenvalue weighted by Crippen LogP contribution is -2.64. The fraction of sp³-hybridized carbons (Fsp3) is 0.588. The van der Waals surface area contributed by atoms with Gasteiger partial charge in [-0.3, -0.25) is 19.6 Å². The molecule has 220 valence electrons. The first-order valence-corrected chi connectivity index (χ1v) is 15.6.